The third-order valence-electron chi connectivity index (χ3n) is 2.26. The van der Waals surface area contributed by atoms with Crippen LogP contribution in [-0.2, 0) is 20.3 Å². The summed E-state index contributed by atoms with van der Waals surface area (Å²) in [6.45, 7) is 4.88. The van der Waals surface area contributed by atoms with Crippen molar-refractivity contribution in [2.75, 3.05) is 5.75 Å². The first kappa shape index (κ1) is 17.7. The quantitative estimate of drug-likeness (QED) is 0.458. The maximum atomic E-state index is 12.1. The van der Waals surface area contributed by atoms with E-state index in [2.05, 4.69) is 0 Å². The smallest absolute Gasteiger partial charge is 0.319 e. The van der Waals surface area contributed by atoms with E-state index in [9.17, 15) is 29.2 Å². The average molecular weight is 330 g/mol. The maximum Gasteiger partial charge on any atom is 0.319 e. The van der Waals surface area contributed by atoms with E-state index in [1.54, 1.807) is 20.8 Å². The normalized spacial score (nSPS) is 12.5. The van der Waals surface area contributed by atoms with E-state index in [1.807, 2.05) is 0 Å². The maximum absolute atomic E-state index is 12.1. The van der Waals surface area contributed by atoms with Gasteiger partial charge in [0.15, 0.2) is 0 Å². The molecule has 0 radical (unpaired) electrons. The molecule has 0 saturated heterocycles. The van der Waals surface area contributed by atoms with Crippen molar-refractivity contribution < 1.29 is 23.6 Å². The van der Waals surface area contributed by atoms with Crippen LogP contribution in [0, 0.1) is 20.2 Å². The van der Waals surface area contributed by atoms with Crippen LogP contribution in [0.25, 0.3) is 0 Å². The predicted molar refractivity (Wildman–Crippen MR) is 76.9 cm³/mol. The zero-order valence-corrected chi connectivity index (χ0v) is 12.9. The molecule has 0 aliphatic heterocycles. The molecule has 0 aliphatic rings. The zero-order valence-electron chi connectivity index (χ0n) is 12.1. The van der Waals surface area contributed by atoms with E-state index >= 15 is 0 Å². The molecule has 22 heavy (non-hydrogen) atoms. The van der Waals surface area contributed by atoms with Gasteiger partial charge in [-0.2, -0.15) is 0 Å². The van der Waals surface area contributed by atoms with E-state index in [-0.39, 0.29) is 4.90 Å². The molecule has 1 aromatic carbocycles. The molecule has 0 saturated carbocycles. The molecule has 9 nitrogen and oxygen atoms in total. The summed E-state index contributed by atoms with van der Waals surface area (Å²) < 4.78 is 17.1. The van der Waals surface area contributed by atoms with Crippen LogP contribution < -0.4 is 0 Å². The lowest BCUT2D eigenvalue weighted by molar-refractivity contribution is -0.396. The number of hydrogen-bond donors (Lipinski definition) is 0. The summed E-state index contributed by atoms with van der Waals surface area (Å²) in [5.41, 5.74) is -1.94. The zero-order chi connectivity index (χ0) is 17.1. The van der Waals surface area contributed by atoms with Crippen LogP contribution in [0.4, 0.5) is 11.4 Å². The average Bonchev–Trinajstić information content (AvgIpc) is 2.35. The van der Waals surface area contributed by atoms with Gasteiger partial charge in [0.05, 0.1) is 26.7 Å². The monoisotopic (exact) mass is 330 g/mol. The van der Waals surface area contributed by atoms with Crippen molar-refractivity contribution in [2.45, 2.75) is 31.3 Å². The van der Waals surface area contributed by atoms with Gasteiger partial charge in [-0.05, 0) is 26.8 Å². The number of nitro benzene ring substituents is 2. The first-order valence-corrected chi connectivity index (χ1v) is 7.36. The lowest BCUT2D eigenvalue weighted by atomic mass is 10.2. The summed E-state index contributed by atoms with van der Waals surface area (Å²) in [6, 6.07) is 2.72. The summed E-state index contributed by atoms with van der Waals surface area (Å²) in [5.74, 6) is -1.35. The highest BCUT2D eigenvalue weighted by molar-refractivity contribution is 7.85. The topological polar surface area (TPSA) is 130 Å². The Morgan fingerprint density at radius 3 is 2.27 bits per heavy atom. The van der Waals surface area contributed by atoms with E-state index in [0.29, 0.717) is 6.07 Å². The Bertz CT molecular complexity index is 651. The Balaban J connectivity index is 3.05. The van der Waals surface area contributed by atoms with Crippen LogP contribution in [0.3, 0.4) is 0 Å². The molecule has 0 unspecified atom stereocenters. The molecular weight excluding hydrogens is 316 g/mol. The molecule has 1 rings (SSSR count). The minimum atomic E-state index is -2.04. The summed E-state index contributed by atoms with van der Waals surface area (Å²) in [7, 11) is -2.04. The first-order chi connectivity index (χ1) is 10.0. The Hall–Kier alpha value is -2.36. The molecule has 0 aliphatic carbocycles. The van der Waals surface area contributed by atoms with E-state index in [1.165, 1.54) is 0 Å². The highest BCUT2D eigenvalue weighted by Gasteiger charge is 2.26. The fourth-order valence-corrected chi connectivity index (χ4v) is 2.53. The number of nitro groups is 2. The molecule has 0 amide bonds. The summed E-state index contributed by atoms with van der Waals surface area (Å²) in [5, 5.41) is 21.6. The molecule has 1 aromatic rings. The van der Waals surface area contributed by atoms with Gasteiger partial charge in [0.1, 0.15) is 16.2 Å². The van der Waals surface area contributed by atoms with Crippen LogP contribution in [0.2, 0.25) is 0 Å². The second-order valence-corrected chi connectivity index (χ2v) is 6.66. The standard InChI is InChI=1S/C12H14N2O7S/c1-12(2,3)21-11(15)7-22(20)10-5-4-8(13(16)17)6-9(10)14(18)19/h4-6H,7H2,1-3H3/t22-/m1/s1. The highest BCUT2D eigenvalue weighted by Crippen LogP contribution is 2.27. The number of carbonyl (C=O) groups excluding carboxylic acids is 1. The number of benzene rings is 1. The number of carbonyl (C=O) groups is 1. The Morgan fingerprint density at radius 1 is 1.23 bits per heavy atom. The lowest BCUT2D eigenvalue weighted by Gasteiger charge is -2.19. The number of ether oxygens (including phenoxy) is 1. The molecule has 120 valence electrons. The summed E-state index contributed by atoms with van der Waals surface area (Å²) in [6.07, 6.45) is 0. The van der Waals surface area contributed by atoms with Crippen LogP contribution in [0.1, 0.15) is 20.8 Å². The van der Waals surface area contributed by atoms with Gasteiger partial charge in [0.25, 0.3) is 11.4 Å². The van der Waals surface area contributed by atoms with Gasteiger partial charge in [-0.15, -0.1) is 0 Å². The van der Waals surface area contributed by atoms with Crippen LogP contribution in [0.15, 0.2) is 23.1 Å². The fourth-order valence-electron chi connectivity index (χ4n) is 1.51. The molecule has 0 spiro atoms. The lowest BCUT2D eigenvalue weighted by Crippen LogP contribution is -2.27. The van der Waals surface area contributed by atoms with Gasteiger partial charge in [0, 0.05) is 6.07 Å². The molecule has 0 aromatic heterocycles. The van der Waals surface area contributed by atoms with Gasteiger partial charge in [-0.25, -0.2) is 0 Å². The minimum absolute atomic E-state index is 0.263. The molecule has 1 atom stereocenters. The van der Waals surface area contributed by atoms with Crippen molar-refractivity contribution in [1.82, 2.24) is 0 Å². The Morgan fingerprint density at radius 2 is 1.82 bits per heavy atom. The molecular formula is C12H14N2O7S. The summed E-state index contributed by atoms with van der Waals surface area (Å²) in [4.78, 5) is 31.2. The number of non-ortho nitro benzene ring substituents is 1. The fraction of sp³-hybridized carbons (Fsp3) is 0.417. The van der Waals surface area contributed by atoms with Gasteiger partial charge in [-0.3, -0.25) is 29.2 Å². The van der Waals surface area contributed by atoms with Crippen molar-refractivity contribution in [3.05, 3.63) is 38.4 Å². The second-order valence-electron chi connectivity index (χ2n) is 5.24. The first-order valence-electron chi connectivity index (χ1n) is 6.04. The number of nitrogens with zero attached hydrogens (tertiary/aromatic N) is 2. The second kappa shape index (κ2) is 6.60. The number of esters is 1. The molecule has 0 N–H and O–H groups in total. The van der Waals surface area contributed by atoms with Crippen molar-refractivity contribution in [1.29, 1.82) is 0 Å². The van der Waals surface area contributed by atoms with Gasteiger partial charge in [0.2, 0.25) is 0 Å². The molecule has 0 heterocycles. The third kappa shape index (κ3) is 4.88. The SMILES string of the molecule is CC(C)(C)OC(=O)C[S@@](=O)c1ccc([N+](=O)[O-])cc1[N+](=O)[O-]. The van der Waals surface area contributed by atoms with Crippen LogP contribution in [0.5, 0.6) is 0 Å². The minimum Gasteiger partial charge on any atom is -0.459 e. The van der Waals surface area contributed by atoms with Crippen LogP contribution >= 0.6 is 0 Å². The Labute approximate surface area is 128 Å². The van der Waals surface area contributed by atoms with E-state index < -0.39 is 49.3 Å². The van der Waals surface area contributed by atoms with Gasteiger partial charge < -0.3 is 4.74 Å². The van der Waals surface area contributed by atoms with E-state index in [0.717, 1.165) is 12.1 Å². The number of rotatable bonds is 5. The molecule has 10 heteroatoms. The molecule has 0 fully saturated rings. The predicted octanol–water partition coefficient (Wildman–Crippen LogP) is 1.95. The largest absolute Gasteiger partial charge is 0.459 e. The third-order valence-corrected chi connectivity index (χ3v) is 3.60. The number of hydrogen-bond acceptors (Lipinski definition) is 7. The summed E-state index contributed by atoms with van der Waals surface area (Å²) >= 11 is 0. The van der Waals surface area contributed by atoms with Crippen molar-refractivity contribution in [2.24, 2.45) is 0 Å². The van der Waals surface area contributed by atoms with Gasteiger partial charge in [-0.1, -0.05) is 0 Å². The molecule has 0 bridgehead atoms. The van der Waals surface area contributed by atoms with E-state index in [4.69, 9.17) is 4.74 Å². The highest BCUT2D eigenvalue weighted by atomic mass is 32.2. The van der Waals surface area contributed by atoms with Crippen molar-refractivity contribution in [3.8, 4) is 0 Å². The van der Waals surface area contributed by atoms with Gasteiger partial charge >= 0.3 is 5.97 Å². The van der Waals surface area contributed by atoms with Crippen LogP contribution in [-0.4, -0.2) is 31.4 Å². The Kier molecular flexibility index (Phi) is 5.31. The van der Waals surface area contributed by atoms with Crippen molar-refractivity contribution in [3.63, 3.8) is 0 Å². The van der Waals surface area contributed by atoms with Crippen molar-refractivity contribution >= 4 is 28.1 Å².